The van der Waals surface area contributed by atoms with Crippen LogP contribution in [-0.2, 0) is 16.1 Å². The van der Waals surface area contributed by atoms with Crippen LogP contribution in [0, 0.1) is 11.3 Å². The van der Waals surface area contributed by atoms with Crippen molar-refractivity contribution in [1.82, 2.24) is 9.47 Å². The summed E-state index contributed by atoms with van der Waals surface area (Å²) in [5, 5.41) is 9.25. The zero-order valence-electron chi connectivity index (χ0n) is 13.4. The molecule has 1 heterocycles. The normalized spacial score (nSPS) is 12.8. The highest BCUT2D eigenvalue weighted by Gasteiger charge is 2.16. The highest BCUT2D eigenvalue weighted by atomic mass is 32.1. The topological polar surface area (TPSA) is 75.3 Å². The third-order valence-corrected chi connectivity index (χ3v) is 4.26. The molecule has 0 aliphatic heterocycles. The van der Waals surface area contributed by atoms with E-state index in [4.69, 9.17) is 4.74 Å². The van der Waals surface area contributed by atoms with Gasteiger partial charge in [0.2, 0.25) is 0 Å². The zero-order chi connectivity index (χ0) is 16.7. The van der Waals surface area contributed by atoms with E-state index in [1.54, 1.807) is 20.0 Å². The second-order valence-corrected chi connectivity index (χ2v) is 5.41. The lowest BCUT2D eigenvalue weighted by molar-refractivity contribution is -0.136. The Balaban J connectivity index is 3.67. The van der Waals surface area contributed by atoms with Crippen LogP contribution >= 0.6 is 11.3 Å². The summed E-state index contributed by atoms with van der Waals surface area (Å²) in [7, 11) is 0. The van der Waals surface area contributed by atoms with Crippen LogP contribution in [0.1, 0.15) is 27.7 Å². The Morgan fingerprint density at radius 3 is 2.45 bits per heavy atom. The van der Waals surface area contributed by atoms with Gasteiger partial charge in [-0.1, -0.05) is 0 Å². The van der Waals surface area contributed by atoms with Gasteiger partial charge in [0.25, 0.3) is 5.56 Å². The molecule has 0 N–H and O–H groups in total. The Bertz CT molecular complexity index is 736. The molecule has 6 nitrogen and oxygen atoms in total. The van der Waals surface area contributed by atoms with E-state index in [-0.39, 0.29) is 17.7 Å². The quantitative estimate of drug-likeness (QED) is 0.701. The molecule has 0 aliphatic carbocycles. The SMILES string of the molecule is CCOC(=O)/C(C#N)=c1\s/c(=C/N(CC)CC)c(=O)n1CC. The summed E-state index contributed by atoms with van der Waals surface area (Å²) < 4.78 is 7.20. The Kier molecular flexibility index (Phi) is 6.86. The van der Waals surface area contributed by atoms with E-state index in [0.717, 1.165) is 24.4 Å². The van der Waals surface area contributed by atoms with Gasteiger partial charge in [0, 0.05) is 25.8 Å². The van der Waals surface area contributed by atoms with Crippen molar-refractivity contribution in [2.45, 2.75) is 34.2 Å². The van der Waals surface area contributed by atoms with Gasteiger partial charge in [-0.25, -0.2) is 4.79 Å². The first kappa shape index (κ1) is 18.0. The van der Waals surface area contributed by atoms with Crippen LogP contribution in [0.4, 0.5) is 0 Å². The largest absolute Gasteiger partial charge is 0.462 e. The van der Waals surface area contributed by atoms with Gasteiger partial charge in [-0.2, -0.15) is 5.26 Å². The monoisotopic (exact) mass is 323 g/mol. The minimum atomic E-state index is -0.692. The fourth-order valence-electron chi connectivity index (χ4n) is 1.94. The van der Waals surface area contributed by atoms with Crippen molar-refractivity contribution in [2.75, 3.05) is 19.7 Å². The number of carbonyl (C=O) groups is 1. The Hall–Kier alpha value is -2.07. The molecule has 0 unspecified atom stereocenters. The minimum Gasteiger partial charge on any atom is -0.462 e. The van der Waals surface area contributed by atoms with Crippen LogP contribution in [0.5, 0.6) is 0 Å². The third kappa shape index (κ3) is 3.77. The molecule has 0 bridgehead atoms. The first-order valence-corrected chi connectivity index (χ1v) is 8.12. The standard InChI is InChI=1S/C15H21N3O3S/c1-5-17(6-2)10-12-13(19)18(7-3)14(22-12)11(9-16)15(20)21-8-4/h10H,5-8H2,1-4H3/b12-10+,14-11-. The molecule has 22 heavy (non-hydrogen) atoms. The number of thiazole rings is 1. The van der Waals surface area contributed by atoms with Crippen molar-refractivity contribution in [2.24, 2.45) is 0 Å². The zero-order valence-corrected chi connectivity index (χ0v) is 14.2. The molecule has 1 rings (SSSR count). The first-order valence-electron chi connectivity index (χ1n) is 7.30. The average molecular weight is 323 g/mol. The molecule has 0 fully saturated rings. The van der Waals surface area contributed by atoms with Crippen molar-refractivity contribution in [3.05, 3.63) is 19.5 Å². The van der Waals surface area contributed by atoms with E-state index in [0.29, 0.717) is 15.7 Å². The van der Waals surface area contributed by atoms with E-state index in [1.807, 2.05) is 24.8 Å². The molecule has 1 aromatic rings. The summed E-state index contributed by atoms with van der Waals surface area (Å²) in [5.74, 6) is -0.692. The number of nitriles is 1. The van der Waals surface area contributed by atoms with Gasteiger partial charge in [0.1, 0.15) is 15.3 Å². The number of hydrogen-bond acceptors (Lipinski definition) is 6. The van der Waals surface area contributed by atoms with E-state index in [1.165, 1.54) is 4.57 Å². The summed E-state index contributed by atoms with van der Waals surface area (Å²) in [6.45, 7) is 9.61. The highest BCUT2D eigenvalue weighted by Crippen LogP contribution is 1.97. The molecule has 0 atom stereocenters. The van der Waals surface area contributed by atoms with Crippen LogP contribution < -0.4 is 14.8 Å². The molecule has 0 saturated carbocycles. The third-order valence-electron chi connectivity index (χ3n) is 3.14. The molecule has 7 heteroatoms. The number of hydrogen-bond donors (Lipinski definition) is 0. The maximum atomic E-state index is 12.4. The first-order chi connectivity index (χ1) is 10.5. The highest BCUT2D eigenvalue weighted by molar-refractivity contribution is 7.07. The maximum Gasteiger partial charge on any atom is 0.351 e. The number of esters is 1. The minimum absolute atomic E-state index is 0.120. The lowest BCUT2D eigenvalue weighted by Crippen LogP contribution is -2.33. The predicted molar refractivity (Wildman–Crippen MR) is 86.5 cm³/mol. The second-order valence-electron chi connectivity index (χ2n) is 4.38. The van der Waals surface area contributed by atoms with Gasteiger partial charge in [-0.05, 0) is 27.7 Å². The van der Waals surface area contributed by atoms with E-state index >= 15 is 0 Å². The summed E-state index contributed by atoms with van der Waals surface area (Å²) in [6, 6.07) is 1.86. The van der Waals surface area contributed by atoms with E-state index in [2.05, 4.69) is 0 Å². The molecule has 120 valence electrons. The number of rotatable bonds is 6. The van der Waals surface area contributed by atoms with Gasteiger partial charge < -0.3 is 9.64 Å². The molecule has 0 radical (unpaired) electrons. The molecular formula is C15H21N3O3S. The molecular weight excluding hydrogens is 302 g/mol. The molecule has 0 spiro atoms. The molecule has 0 amide bonds. The van der Waals surface area contributed by atoms with Crippen molar-refractivity contribution in [1.29, 1.82) is 5.26 Å². The summed E-state index contributed by atoms with van der Waals surface area (Å²) >= 11 is 1.15. The van der Waals surface area contributed by atoms with Gasteiger partial charge in [0.05, 0.1) is 6.61 Å². The van der Waals surface area contributed by atoms with Crippen LogP contribution in [-0.4, -0.2) is 35.1 Å². The Morgan fingerprint density at radius 1 is 1.36 bits per heavy atom. The van der Waals surface area contributed by atoms with Crippen LogP contribution in [0.15, 0.2) is 4.79 Å². The van der Waals surface area contributed by atoms with Crippen molar-refractivity contribution in [3.63, 3.8) is 0 Å². The lowest BCUT2D eigenvalue weighted by atomic mass is 10.3. The maximum absolute atomic E-state index is 12.4. The predicted octanol–water partition coefficient (Wildman–Crippen LogP) is 0.247. The van der Waals surface area contributed by atoms with Gasteiger partial charge in [-0.15, -0.1) is 11.3 Å². The van der Waals surface area contributed by atoms with E-state index in [9.17, 15) is 14.9 Å². The van der Waals surface area contributed by atoms with Crippen molar-refractivity contribution < 1.29 is 9.53 Å². The van der Waals surface area contributed by atoms with Crippen LogP contribution in [0.2, 0.25) is 0 Å². The molecule has 0 aliphatic rings. The molecule has 1 aromatic heterocycles. The summed E-state index contributed by atoms with van der Waals surface area (Å²) in [5.41, 5.74) is -0.309. The fraction of sp³-hybridized carbons (Fsp3) is 0.533. The molecule has 0 saturated heterocycles. The van der Waals surface area contributed by atoms with Crippen molar-refractivity contribution >= 4 is 29.1 Å². The van der Waals surface area contributed by atoms with Gasteiger partial charge >= 0.3 is 5.97 Å². The number of carbonyl (C=O) groups excluding carboxylic acids is 1. The molecule has 0 aromatic carbocycles. The van der Waals surface area contributed by atoms with Gasteiger partial charge in [-0.3, -0.25) is 9.36 Å². The Morgan fingerprint density at radius 2 is 2.00 bits per heavy atom. The fourth-order valence-corrected chi connectivity index (χ4v) is 3.10. The van der Waals surface area contributed by atoms with Crippen molar-refractivity contribution in [3.8, 4) is 6.07 Å². The van der Waals surface area contributed by atoms with Gasteiger partial charge in [0.15, 0.2) is 5.57 Å². The average Bonchev–Trinajstić information content (AvgIpc) is 2.81. The summed E-state index contributed by atoms with van der Waals surface area (Å²) in [4.78, 5) is 26.3. The van der Waals surface area contributed by atoms with E-state index < -0.39 is 5.97 Å². The number of aromatic nitrogens is 1. The summed E-state index contributed by atoms with van der Waals surface area (Å²) in [6.07, 6.45) is 1.78. The van der Waals surface area contributed by atoms with Crippen LogP contribution in [0.25, 0.3) is 11.8 Å². The Labute approximate surface area is 133 Å². The second kappa shape index (κ2) is 8.39. The smallest absolute Gasteiger partial charge is 0.351 e. The number of ether oxygens (including phenoxy) is 1. The lowest BCUT2D eigenvalue weighted by Gasteiger charge is -2.13. The number of nitrogens with zero attached hydrogens (tertiary/aromatic N) is 3. The van der Waals surface area contributed by atoms with Crippen LogP contribution in [0.3, 0.4) is 0 Å².